The van der Waals surface area contributed by atoms with Crippen molar-refractivity contribution >= 4 is 38.9 Å². The molecule has 0 radical (unpaired) electrons. The van der Waals surface area contributed by atoms with E-state index in [1.54, 1.807) is 91.0 Å². The minimum absolute atomic E-state index is 0.00204. The van der Waals surface area contributed by atoms with Crippen molar-refractivity contribution in [3.05, 3.63) is 135 Å². The summed E-state index contributed by atoms with van der Waals surface area (Å²) in [6.45, 7) is 0.374. The van der Waals surface area contributed by atoms with E-state index in [-0.39, 0.29) is 36.1 Å². The maximum Gasteiger partial charge on any atom is 0.252 e. The minimum atomic E-state index is -3.86. The number of amides is 1. The molecule has 0 aliphatic carbocycles. The highest BCUT2D eigenvalue weighted by Gasteiger charge is 2.54. The first-order chi connectivity index (χ1) is 22.8. The van der Waals surface area contributed by atoms with E-state index in [4.69, 9.17) is 31.2 Å². The molecule has 13 heteroatoms. The third kappa shape index (κ3) is 7.75. The van der Waals surface area contributed by atoms with Gasteiger partial charge in [-0.25, -0.2) is 13.4 Å². The number of aliphatic hydroxyl groups is 1. The van der Waals surface area contributed by atoms with E-state index >= 15 is 0 Å². The molecule has 2 N–H and O–H groups in total. The Kier molecular flexibility index (Phi) is 10.8. The van der Waals surface area contributed by atoms with Gasteiger partial charge in [0.15, 0.2) is 21.5 Å². The van der Waals surface area contributed by atoms with Gasteiger partial charge in [-0.15, -0.1) is 0 Å². The van der Waals surface area contributed by atoms with Crippen LogP contribution >= 0.6 is 11.6 Å². The molecule has 47 heavy (non-hydrogen) atoms. The van der Waals surface area contributed by atoms with Gasteiger partial charge in [-0.1, -0.05) is 77.4 Å². The zero-order chi connectivity index (χ0) is 33.3. The second-order valence-corrected chi connectivity index (χ2v) is 13.2. The number of azide groups is 1. The largest absolute Gasteiger partial charge is 0.494 e. The Bertz CT molecular complexity index is 1900. The monoisotopic (exact) mass is 673 g/mol. The van der Waals surface area contributed by atoms with Gasteiger partial charge < -0.3 is 19.9 Å². The van der Waals surface area contributed by atoms with Crippen molar-refractivity contribution in [2.24, 2.45) is 10.1 Å². The van der Waals surface area contributed by atoms with Crippen molar-refractivity contribution < 1.29 is 27.8 Å². The molecule has 4 aromatic carbocycles. The van der Waals surface area contributed by atoms with Crippen molar-refractivity contribution in [2.75, 3.05) is 19.0 Å². The van der Waals surface area contributed by atoms with E-state index in [1.807, 2.05) is 0 Å². The van der Waals surface area contributed by atoms with Crippen LogP contribution in [-0.2, 0) is 25.9 Å². The van der Waals surface area contributed by atoms with E-state index in [0.29, 0.717) is 40.5 Å². The van der Waals surface area contributed by atoms with Crippen LogP contribution in [0.1, 0.15) is 35.6 Å². The second-order valence-electron chi connectivity index (χ2n) is 10.7. The van der Waals surface area contributed by atoms with E-state index in [0.717, 1.165) is 0 Å². The lowest BCUT2D eigenvalue weighted by molar-refractivity contribution is -0.129. The number of nitrogens with one attached hydrogen (secondary N) is 1. The molecular formula is C34H32ClN5O6S. The van der Waals surface area contributed by atoms with Crippen molar-refractivity contribution in [2.45, 2.75) is 35.9 Å². The Hall–Kier alpha value is -4.87. The average Bonchev–Trinajstić information content (AvgIpc) is 3.49. The topological polar surface area (TPSA) is 163 Å². The van der Waals surface area contributed by atoms with Crippen LogP contribution in [0.4, 0.5) is 5.69 Å². The van der Waals surface area contributed by atoms with Gasteiger partial charge in [0.25, 0.3) is 5.91 Å². The number of hydrogen-bond acceptors (Lipinski definition) is 8. The summed E-state index contributed by atoms with van der Waals surface area (Å²) in [5.74, 6) is -0.379. The summed E-state index contributed by atoms with van der Waals surface area (Å²) in [6.07, 6.45) is -0.960. The van der Waals surface area contributed by atoms with E-state index in [1.165, 1.54) is 12.1 Å². The molecule has 0 saturated carbocycles. The molecule has 0 saturated heterocycles. The maximum atomic E-state index is 14.5. The Balaban J connectivity index is 1.60. The number of aliphatic hydroxyl groups excluding tert-OH is 1. The van der Waals surface area contributed by atoms with Crippen LogP contribution in [-0.4, -0.2) is 49.8 Å². The number of aliphatic imine (C=N–C) groups is 1. The van der Waals surface area contributed by atoms with Gasteiger partial charge in [-0.05, 0) is 53.6 Å². The lowest BCUT2D eigenvalue weighted by Crippen LogP contribution is -2.49. The number of carbonyl (C=O) groups is 1. The Morgan fingerprint density at radius 1 is 1.02 bits per heavy atom. The number of rotatable bonds is 14. The van der Waals surface area contributed by atoms with Crippen LogP contribution in [0.5, 0.6) is 5.75 Å². The SMILES string of the molecule is [N-]=[N+]=Nc1ccccc1[C@H]1OC(c2ccc(OCCCO)cc2)=N[C@@]1(CCS(=O)(=O)c1ccccc1)C(=O)NCc1ccccc1Cl. The molecule has 4 aromatic rings. The third-order valence-electron chi connectivity index (χ3n) is 7.65. The summed E-state index contributed by atoms with van der Waals surface area (Å²) >= 11 is 6.37. The molecule has 5 rings (SSSR count). The standard InChI is InChI=1S/C34H32ClN5O6S/c35-29-13-6-4-9-25(29)23-37-33(42)34(19-22-47(43,44)27-10-2-1-3-11-27)31(28-12-5-7-14-30(28)39-40-36)46-32(38-34)24-15-17-26(18-16-24)45-21-8-20-41/h1-7,9-18,31,41H,8,19-23H2,(H,37,42)/t31-,34-/m1/s1. The van der Waals surface area contributed by atoms with Gasteiger partial charge in [0.2, 0.25) is 5.90 Å². The van der Waals surface area contributed by atoms with Gasteiger partial charge in [0.05, 0.1) is 17.3 Å². The quantitative estimate of drug-likeness (QED) is 0.0673. The van der Waals surface area contributed by atoms with Crippen LogP contribution in [0.3, 0.4) is 0 Å². The van der Waals surface area contributed by atoms with Crippen LogP contribution in [0.15, 0.2) is 118 Å². The highest BCUT2D eigenvalue weighted by molar-refractivity contribution is 7.91. The number of benzene rings is 4. The average molecular weight is 674 g/mol. The smallest absolute Gasteiger partial charge is 0.252 e. The molecule has 0 aromatic heterocycles. The van der Waals surface area contributed by atoms with Crippen molar-refractivity contribution in [3.8, 4) is 5.75 Å². The number of hydrogen-bond donors (Lipinski definition) is 2. The van der Waals surface area contributed by atoms with Gasteiger partial charge in [0, 0.05) is 52.7 Å². The van der Waals surface area contributed by atoms with Crippen LogP contribution in [0, 0.1) is 0 Å². The molecule has 1 aliphatic heterocycles. The van der Waals surface area contributed by atoms with Crippen LogP contribution in [0.2, 0.25) is 5.02 Å². The fraction of sp³-hybridized carbons (Fsp3) is 0.235. The minimum Gasteiger partial charge on any atom is -0.494 e. The fourth-order valence-electron chi connectivity index (χ4n) is 5.20. The molecule has 1 amide bonds. The molecule has 0 unspecified atom stereocenters. The summed E-state index contributed by atoms with van der Waals surface area (Å²) in [7, 11) is -3.86. The molecule has 1 heterocycles. The normalized spacial score (nSPS) is 17.2. The first kappa shape index (κ1) is 33.5. The fourth-order valence-corrected chi connectivity index (χ4v) is 6.79. The zero-order valence-electron chi connectivity index (χ0n) is 25.2. The first-order valence-electron chi connectivity index (χ1n) is 14.8. The third-order valence-corrected chi connectivity index (χ3v) is 9.75. The number of nitrogens with zero attached hydrogens (tertiary/aromatic N) is 4. The molecular weight excluding hydrogens is 642 g/mol. The van der Waals surface area contributed by atoms with E-state index < -0.39 is 33.1 Å². The molecule has 0 bridgehead atoms. The number of sulfone groups is 1. The van der Waals surface area contributed by atoms with E-state index in [9.17, 15) is 18.7 Å². The lowest BCUT2D eigenvalue weighted by atomic mass is 9.84. The molecule has 1 aliphatic rings. The maximum absolute atomic E-state index is 14.5. The van der Waals surface area contributed by atoms with Gasteiger partial charge >= 0.3 is 0 Å². The molecule has 242 valence electrons. The van der Waals surface area contributed by atoms with Gasteiger partial charge in [-0.3, -0.25) is 4.79 Å². The Morgan fingerprint density at radius 2 is 1.72 bits per heavy atom. The highest BCUT2D eigenvalue weighted by atomic mass is 35.5. The summed E-state index contributed by atoms with van der Waals surface area (Å²) in [5, 5.41) is 16.2. The summed E-state index contributed by atoms with van der Waals surface area (Å²) in [6, 6.07) is 28.5. The molecule has 2 atom stereocenters. The molecule has 0 fully saturated rings. The van der Waals surface area contributed by atoms with Crippen LogP contribution in [0.25, 0.3) is 10.4 Å². The van der Waals surface area contributed by atoms with Gasteiger partial charge in [-0.2, -0.15) is 0 Å². The highest BCUT2D eigenvalue weighted by Crippen LogP contribution is 2.46. The number of ether oxygens (including phenoxy) is 2. The Labute approximate surface area is 277 Å². The van der Waals surface area contributed by atoms with Crippen molar-refractivity contribution in [3.63, 3.8) is 0 Å². The predicted molar refractivity (Wildman–Crippen MR) is 178 cm³/mol. The summed E-state index contributed by atoms with van der Waals surface area (Å²) in [4.78, 5) is 22.4. The van der Waals surface area contributed by atoms with Crippen LogP contribution < -0.4 is 10.1 Å². The number of carbonyl (C=O) groups excluding carboxylic acids is 1. The first-order valence-corrected chi connectivity index (χ1v) is 16.8. The second kappa shape index (κ2) is 15.1. The number of halogens is 1. The van der Waals surface area contributed by atoms with Crippen molar-refractivity contribution in [1.29, 1.82) is 0 Å². The summed E-state index contributed by atoms with van der Waals surface area (Å²) < 4.78 is 39.2. The summed E-state index contributed by atoms with van der Waals surface area (Å²) in [5.41, 5.74) is 9.25. The molecule has 11 nitrogen and oxygen atoms in total. The molecule has 0 spiro atoms. The van der Waals surface area contributed by atoms with Gasteiger partial charge in [0.1, 0.15) is 5.75 Å². The van der Waals surface area contributed by atoms with Crippen molar-refractivity contribution in [1.82, 2.24) is 5.32 Å². The lowest BCUT2D eigenvalue weighted by Gasteiger charge is -2.31. The van der Waals surface area contributed by atoms with E-state index in [2.05, 4.69) is 15.3 Å². The predicted octanol–water partition coefficient (Wildman–Crippen LogP) is 6.48. The zero-order valence-corrected chi connectivity index (χ0v) is 26.8. The Morgan fingerprint density at radius 3 is 2.45 bits per heavy atom.